The van der Waals surface area contributed by atoms with Gasteiger partial charge in [-0.3, -0.25) is 4.79 Å². The van der Waals surface area contributed by atoms with Crippen LogP contribution in [0.2, 0.25) is 0 Å². The van der Waals surface area contributed by atoms with Gasteiger partial charge in [-0.05, 0) is 49.4 Å². The summed E-state index contributed by atoms with van der Waals surface area (Å²) in [6.07, 6.45) is 3.22. The fraction of sp³-hybridized carbons (Fsp3) is 0.562. The first-order valence-corrected chi connectivity index (χ1v) is 7.40. The zero-order valence-electron chi connectivity index (χ0n) is 11.5. The van der Waals surface area contributed by atoms with Crippen LogP contribution < -0.4 is 10.1 Å². The Morgan fingerprint density at radius 1 is 1.35 bits per heavy atom. The summed E-state index contributed by atoms with van der Waals surface area (Å²) >= 11 is 0. The molecule has 2 aliphatic rings. The molecule has 4 heteroatoms. The van der Waals surface area contributed by atoms with Crippen molar-refractivity contribution in [2.45, 2.75) is 25.2 Å². The summed E-state index contributed by atoms with van der Waals surface area (Å²) in [7, 11) is 0. The van der Waals surface area contributed by atoms with Crippen molar-refractivity contribution in [1.29, 1.82) is 0 Å². The van der Waals surface area contributed by atoms with Crippen molar-refractivity contribution in [1.82, 2.24) is 5.32 Å². The van der Waals surface area contributed by atoms with E-state index in [1.54, 1.807) is 0 Å². The average molecular weight is 275 g/mol. The molecule has 1 saturated heterocycles. The van der Waals surface area contributed by atoms with Crippen LogP contribution in [0.4, 0.5) is 0 Å². The van der Waals surface area contributed by atoms with Crippen LogP contribution in [0.3, 0.4) is 0 Å². The first kappa shape index (κ1) is 13.4. The van der Waals surface area contributed by atoms with Gasteiger partial charge in [0.25, 0.3) is 0 Å². The molecule has 0 amide bonds. The second kappa shape index (κ2) is 5.83. The number of rotatable bonds is 5. The number of carboxylic acid groups (broad SMARTS) is 1. The molecule has 3 unspecified atom stereocenters. The van der Waals surface area contributed by atoms with Crippen LogP contribution >= 0.6 is 0 Å². The summed E-state index contributed by atoms with van der Waals surface area (Å²) in [5, 5.41) is 12.3. The third-order valence-electron chi connectivity index (χ3n) is 4.30. The summed E-state index contributed by atoms with van der Waals surface area (Å²) < 4.78 is 5.82. The summed E-state index contributed by atoms with van der Waals surface area (Å²) in [5.41, 5.74) is 1.11. The van der Waals surface area contributed by atoms with Crippen LogP contribution in [-0.4, -0.2) is 30.8 Å². The maximum atomic E-state index is 10.9. The van der Waals surface area contributed by atoms with Crippen LogP contribution in [0.25, 0.3) is 0 Å². The van der Waals surface area contributed by atoms with E-state index in [1.807, 2.05) is 24.3 Å². The predicted octanol–water partition coefficient (Wildman–Crippen LogP) is 2.25. The van der Waals surface area contributed by atoms with E-state index in [0.717, 1.165) is 37.4 Å². The van der Waals surface area contributed by atoms with Gasteiger partial charge in [-0.25, -0.2) is 0 Å². The Labute approximate surface area is 119 Å². The number of hydrogen-bond acceptors (Lipinski definition) is 3. The maximum absolute atomic E-state index is 10.9. The molecule has 1 aromatic rings. The molecule has 1 aliphatic heterocycles. The number of carbonyl (C=O) groups is 1. The van der Waals surface area contributed by atoms with Crippen molar-refractivity contribution in [2.75, 3.05) is 19.7 Å². The van der Waals surface area contributed by atoms with E-state index in [9.17, 15) is 4.79 Å². The molecule has 2 N–H and O–H groups in total. The van der Waals surface area contributed by atoms with Gasteiger partial charge >= 0.3 is 5.97 Å². The molecule has 108 valence electrons. The summed E-state index contributed by atoms with van der Waals surface area (Å²) in [6.45, 7) is 2.92. The first-order valence-electron chi connectivity index (χ1n) is 7.40. The molecular weight excluding hydrogens is 254 g/mol. The Bertz CT molecular complexity index is 465. The van der Waals surface area contributed by atoms with E-state index in [0.29, 0.717) is 5.92 Å². The Morgan fingerprint density at radius 2 is 2.15 bits per heavy atom. The minimum Gasteiger partial charge on any atom is -0.493 e. The smallest absolute Gasteiger partial charge is 0.307 e. The normalized spacial score (nSPS) is 28.9. The van der Waals surface area contributed by atoms with E-state index >= 15 is 0 Å². The van der Waals surface area contributed by atoms with Gasteiger partial charge in [0.15, 0.2) is 0 Å². The Hall–Kier alpha value is -1.55. The SMILES string of the molecule is O=C(O)C1CC1c1ccc(OCC2CCCNC2)cc1. The topological polar surface area (TPSA) is 58.6 Å². The molecule has 3 atom stereocenters. The number of nitrogens with one attached hydrogen (secondary N) is 1. The van der Waals surface area contributed by atoms with Crippen LogP contribution in [0.15, 0.2) is 24.3 Å². The highest BCUT2D eigenvalue weighted by atomic mass is 16.5. The third kappa shape index (κ3) is 3.12. The molecule has 1 heterocycles. The second-order valence-electron chi connectivity index (χ2n) is 5.88. The van der Waals surface area contributed by atoms with Gasteiger partial charge < -0.3 is 15.2 Å². The number of benzene rings is 1. The highest BCUT2D eigenvalue weighted by Crippen LogP contribution is 2.47. The van der Waals surface area contributed by atoms with Crippen LogP contribution in [0, 0.1) is 11.8 Å². The monoisotopic (exact) mass is 275 g/mol. The van der Waals surface area contributed by atoms with Crippen molar-refractivity contribution >= 4 is 5.97 Å². The van der Waals surface area contributed by atoms with Gasteiger partial charge in [-0.15, -0.1) is 0 Å². The lowest BCUT2D eigenvalue weighted by atomic mass is 10.0. The number of ether oxygens (including phenoxy) is 1. The average Bonchev–Trinajstić information content (AvgIpc) is 3.27. The Kier molecular flexibility index (Phi) is 3.92. The fourth-order valence-corrected chi connectivity index (χ4v) is 2.93. The summed E-state index contributed by atoms with van der Waals surface area (Å²) in [6, 6.07) is 7.93. The third-order valence-corrected chi connectivity index (χ3v) is 4.30. The molecule has 2 fully saturated rings. The van der Waals surface area contributed by atoms with Crippen molar-refractivity contribution in [3.63, 3.8) is 0 Å². The molecule has 20 heavy (non-hydrogen) atoms. The van der Waals surface area contributed by atoms with Crippen molar-refractivity contribution in [2.24, 2.45) is 11.8 Å². The molecule has 0 radical (unpaired) electrons. The van der Waals surface area contributed by atoms with E-state index in [2.05, 4.69) is 5.32 Å². The van der Waals surface area contributed by atoms with Gasteiger partial charge in [0.2, 0.25) is 0 Å². The summed E-state index contributed by atoms with van der Waals surface area (Å²) in [4.78, 5) is 10.9. The standard InChI is InChI=1S/C16H21NO3/c18-16(19)15-8-14(15)12-3-5-13(6-4-12)20-10-11-2-1-7-17-9-11/h3-6,11,14-15,17H,1-2,7-10H2,(H,18,19). The Morgan fingerprint density at radius 3 is 2.75 bits per heavy atom. The van der Waals surface area contributed by atoms with Gasteiger partial charge in [-0.2, -0.15) is 0 Å². The molecule has 1 aromatic carbocycles. The highest BCUT2D eigenvalue weighted by Gasteiger charge is 2.44. The largest absolute Gasteiger partial charge is 0.493 e. The van der Waals surface area contributed by atoms with Crippen molar-refractivity contribution < 1.29 is 14.6 Å². The van der Waals surface area contributed by atoms with E-state index in [1.165, 1.54) is 12.8 Å². The van der Waals surface area contributed by atoms with Gasteiger partial charge in [0.1, 0.15) is 5.75 Å². The van der Waals surface area contributed by atoms with Crippen LogP contribution in [-0.2, 0) is 4.79 Å². The lowest BCUT2D eigenvalue weighted by Crippen LogP contribution is -2.33. The molecular formula is C16H21NO3. The molecule has 0 spiro atoms. The van der Waals surface area contributed by atoms with Crippen LogP contribution in [0.1, 0.15) is 30.7 Å². The van der Waals surface area contributed by atoms with E-state index in [-0.39, 0.29) is 11.8 Å². The Balaban J connectivity index is 1.50. The van der Waals surface area contributed by atoms with E-state index < -0.39 is 5.97 Å². The number of hydrogen-bond donors (Lipinski definition) is 2. The molecule has 3 rings (SSSR count). The molecule has 0 bridgehead atoms. The molecule has 1 aliphatic carbocycles. The summed E-state index contributed by atoms with van der Waals surface area (Å²) in [5.74, 6) is 0.814. The lowest BCUT2D eigenvalue weighted by Gasteiger charge is -2.22. The molecule has 4 nitrogen and oxygen atoms in total. The zero-order valence-corrected chi connectivity index (χ0v) is 11.5. The van der Waals surface area contributed by atoms with Crippen molar-refractivity contribution in [3.05, 3.63) is 29.8 Å². The van der Waals surface area contributed by atoms with Gasteiger partial charge in [0.05, 0.1) is 12.5 Å². The maximum Gasteiger partial charge on any atom is 0.307 e. The molecule has 1 saturated carbocycles. The fourth-order valence-electron chi connectivity index (χ4n) is 2.93. The highest BCUT2D eigenvalue weighted by molar-refractivity contribution is 5.75. The van der Waals surface area contributed by atoms with Gasteiger partial charge in [-0.1, -0.05) is 12.1 Å². The van der Waals surface area contributed by atoms with Crippen LogP contribution in [0.5, 0.6) is 5.75 Å². The minimum absolute atomic E-state index is 0.185. The number of carboxylic acids is 1. The molecule has 0 aromatic heterocycles. The zero-order chi connectivity index (χ0) is 13.9. The number of piperidine rings is 1. The first-order chi connectivity index (χ1) is 9.74. The minimum atomic E-state index is -0.680. The quantitative estimate of drug-likeness (QED) is 0.865. The lowest BCUT2D eigenvalue weighted by molar-refractivity contribution is -0.138. The predicted molar refractivity (Wildman–Crippen MR) is 76.0 cm³/mol. The van der Waals surface area contributed by atoms with E-state index in [4.69, 9.17) is 9.84 Å². The number of aliphatic carboxylic acids is 1. The van der Waals surface area contributed by atoms with Gasteiger partial charge in [0, 0.05) is 12.5 Å². The second-order valence-corrected chi connectivity index (χ2v) is 5.88. The van der Waals surface area contributed by atoms with Crippen molar-refractivity contribution in [3.8, 4) is 5.75 Å².